The van der Waals surface area contributed by atoms with Gasteiger partial charge in [-0.25, -0.2) is 9.67 Å². The number of hydrogen-bond donors (Lipinski definition) is 2. The standard InChI is InChI=1S/C25H29N7O/c1-16(2)31-10-8-18-11-20(5-6-22(18)31)27-25-26-9-7-23(28-25)32-13-19(12-30-14-21(33)15-30)24(29-32)17-3-4-17/h5-11,13,16-17,21,33H,3-4,12,14-15H2,1-2H3,(H,26,27,28). The Hall–Kier alpha value is -3.23. The molecule has 8 nitrogen and oxygen atoms in total. The smallest absolute Gasteiger partial charge is 0.229 e. The molecule has 1 aliphatic carbocycles. The van der Waals surface area contributed by atoms with Crippen LogP contribution in [0.1, 0.15) is 49.9 Å². The summed E-state index contributed by atoms with van der Waals surface area (Å²) in [6.45, 7) is 6.68. The van der Waals surface area contributed by atoms with Gasteiger partial charge < -0.3 is 15.0 Å². The largest absolute Gasteiger partial charge is 0.390 e. The van der Waals surface area contributed by atoms with Crippen LogP contribution in [0.4, 0.5) is 11.6 Å². The minimum absolute atomic E-state index is 0.192. The van der Waals surface area contributed by atoms with Gasteiger partial charge in [-0.3, -0.25) is 4.90 Å². The quantitative estimate of drug-likeness (QED) is 0.449. The van der Waals surface area contributed by atoms with E-state index in [0.717, 1.165) is 31.1 Å². The van der Waals surface area contributed by atoms with Crippen LogP contribution in [0.25, 0.3) is 16.7 Å². The van der Waals surface area contributed by atoms with Crippen molar-refractivity contribution in [2.75, 3.05) is 18.4 Å². The first kappa shape index (κ1) is 20.4. The van der Waals surface area contributed by atoms with Crippen molar-refractivity contribution in [3.8, 4) is 5.82 Å². The van der Waals surface area contributed by atoms with Gasteiger partial charge in [0.25, 0.3) is 0 Å². The predicted molar refractivity (Wildman–Crippen MR) is 128 cm³/mol. The summed E-state index contributed by atoms with van der Waals surface area (Å²) in [6.07, 6.45) is 8.19. The molecule has 170 valence electrons. The number of β-amino-alcohol motifs (C(OH)–C–C–N with tert-alkyl or cyclic N) is 1. The van der Waals surface area contributed by atoms with E-state index in [-0.39, 0.29) is 6.10 Å². The fourth-order valence-corrected chi connectivity index (χ4v) is 4.63. The molecule has 1 aliphatic heterocycles. The van der Waals surface area contributed by atoms with Gasteiger partial charge in [0.2, 0.25) is 5.95 Å². The van der Waals surface area contributed by atoms with Crippen LogP contribution in [-0.2, 0) is 6.54 Å². The molecule has 3 aromatic heterocycles. The maximum atomic E-state index is 9.62. The fourth-order valence-electron chi connectivity index (χ4n) is 4.63. The molecular weight excluding hydrogens is 414 g/mol. The first-order valence-electron chi connectivity index (χ1n) is 11.7. The minimum atomic E-state index is -0.192. The van der Waals surface area contributed by atoms with Crippen molar-refractivity contribution in [1.82, 2.24) is 29.2 Å². The third-order valence-electron chi connectivity index (χ3n) is 6.53. The molecule has 1 saturated heterocycles. The molecular formula is C25H29N7O. The molecule has 0 atom stereocenters. The molecule has 6 rings (SSSR count). The molecule has 1 saturated carbocycles. The van der Waals surface area contributed by atoms with Gasteiger partial charge in [-0.05, 0) is 51.0 Å². The second-order valence-corrected chi connectivity index (χ2v) is 9.56. The lowest BCUT2D eigenvalue weighted by Gasteiger charge is -2.35. The molecule has 8 heteroatoms. The van der Waals surface area contributed by atoms with Crippen LogP contribution in [0.15, 0.2) is 48.9 Å². The zero-order valence-corrected chi connectivity index (χ0v) is 19.0. The molecule has 2 aliphatic rings. The Bertz CT molecular complexity index is 1300. The highest BCUT2D eigenvalue weighted by Crippen LogP contribution is 2.41. The van der Waals surface area contributed by atoms with Crippen LogP contribution in [0.2, 0.25) is 0 Å². The van der Waals surface area contributed by atoms with E-state index in [2.05, 4.69) is 70.3 Å². The van der Waals surface area contributed by atoms with Crippen LogP contribution in [0.3, 0.4) is 0 Å². The molecule has 2 N–H and O–H groups in total. The molecule has 0 unspecified atom stereocenters. The van der Waals surface area contributed by atoms with Crippen LogP contribution in [-0.4, -0.2) is 53.5 Å². The molecule has 2 fully saturated rings. The number of aromatic nitrogens is 5. The lowest BCUT2D eigenvalue weighted by Crippen LogP contribution is -2.49. The molecule has 0 radical (unpaired) electrons. The second kappa shape index (κ2) is 7.97. The first-order chi connectivity index (χ1) is 16.0. The number of aliphatic hydroxyl groups excluding tert-OH is 1. The molecule has 4 aromatic rings. The van der Waals surface area contributed by atoms with Crippen molar-refractivity contribution >= 4 is 22.5 Å². The Labute approximate surface area is 192 Å². The summed E-state index contributed by atoms with van der Waals surface area (Å²) >= 11 is 0. The zero-order chi connectivity index (χ0) is 22.5. The normalized spacial score (nSPS) is 17.1. The van der Waals surface area contributed by atoms with Gasteiger partial charge in [-0.2, -0.15) is 10.1 Å². The Kier molecular flexibility index (Phi) is 4.92. The van der Waals surface area contributed by atoms with Gasteiger partial charge in [-0.15, -0.1) is 0 Å². The van der Waals surface area contributed by atoms with Crippen molar-refractivity contribution < 1.29 is 5.11 Å². The molecule has 0 spiro atoms. The number of fused-ring (bicyclic) bond motifs is 1. The number of nitrogens with zero attached hydrogens (tertiary/aromatic N) is 6. The van der Waals surface area contributed by atoms with Crippen molar-refractivity contribution in [3.05, 3.63) is 60.2 Å². The van der Waals surface area contributed by atoms with Gasteiger partial charge in [-0.1, -0.05) is 0 Å². The summed E-state index contributed by atoms with van der Waals surface area (Å²) in [5.74, 6) is 1.85. The Morgan fingerprint density at radius 1 is 1.15 bits per heavy atom. The van der Waals surface area contributed by atoms with Crippen LogP contribution in [0.5, 0.6) is 0 Å². The highest BCUT2D eigenvalue weighted by atomic mass is 16.3. The van der Waals surface area contributed by atoms with E-state index in [4.69, 9.17) is 10.1 Å². The average Bonchev–Trinajstić information content (AvgIpc) is 3.39. The molecule has 4 heterocycles. The molecule has 0 amide bonds. The zero-order valence-electron chi connectivity index (χ0n) is 19.0. The van der Waals surface area contributed by atoms with Crippen molar-refractivity contribution in [3.63, 3.8) is 0 Å². The summed E-state index contributed by atoms with van der Waals surface area (Å²) < 4.78 is 4.14. The number of nitrogens with one attached hydrogen (secondary N) is 1. The predicted octanol–water partition coefficient (Wildman–Crippen LogP) is 4.00. The number of hydrogen-bond acceptors (Lipinski definition) is 6. The van der Waals surface area contributed by atoms with Crippen LogP contribution >= 0.6 is 0 Å². The highest BCUT2D eigenvalue weighted by molar-refractivity contribution is 5.84. The van der Waals surface area contributed by atoms with Crippen LogP contribution in [0, 0.1) is 0 Å². The number of benzene rings is 1. The van der Waals surface area contributed by atoms with Gasteiger partial charge in [0, 0.05) is 78.4 Å². The van der Waals surface area contributed by atoms with E-state index < -0.39 is 0 Å². The number of anilines is 2. The maximum absolute atomic E-state index is 9.62. The second-order valence-electron chi connectivity index (χ2n) is 9.56. The highest BCUT2D eigenvalue weighted by Gasteiger charge is 2.32. The summed E-state index contributed by atoms with van der Waals surface area (Å²) in [4.78, 5) is 11.4. The summed E-state index contributed by atoms with van der Waals surface area (Å²) in [5, 5.41) is 19.0. The van der Waals surface area contributed by atoms with E-state index in [0.29, 0.717) is 17.9 Å². The third kappa shape index (κ3) is 4.00. The van der Waals surface area contributed by atoms with Crippen molar-refractivity contribution in [2.24, 2.45) is 0 Å². The summed E-state index contributed by atoms with van der Waals surface area (Å²) in [6, 6.07) is 10.8. The number of aliphatic hydroxyl groups is 1. The van der Waals surface area contributed by atoms with Gasteiger partial charge in [0.1, 0.15) is 0 Å². The monoisotopic (exact) mass is 443 g/mol. The van der Waals surface area contributed by atoms with E-state index in [9.17, 15) is 5.11 Å². The maximum Gasteiger partial charge on any atom is 0.229 e. The van der Waals surface area contributed by atoms with Gasteiger partial charge in [0.05, 0.1) is 11.8 Å². The van der Waals surface area contributed by atoms with Crippen LogP contribution < -0.4 is 5.32 Å². The lowest BCUT2D eigenvalue weighted by molar-refractivity contribution is -0.00301. The fraction of sp³-hybridized carbons (Fsp3) is 0.400. The topological polar surface area (TPSA) is 84.0 Å². The Morgan fingerprint density at radius 3 is 2.76 bits per heavy atom. The number of rotatable bonds is 7. The van der Waals surface area contributed by atoms with E-state index in [1.54, 1.807) is 6.20 Å². The number of likely N-dealkylation sites (tertiary alicyclic amines) is 1. The van der Waals surface area contributed by atoms with Crippen molar-refractivity contribution in [1.29, 1.82) is 0 Å². The minimum Gasteiger partial charge on any atom is -0.390 e. The summed E-state index contributed by atoms with van der Waals surface area (Å²) in [5.41, 5.74) is 4.58. The van der Waals surface area contributed by atoms with E-state index >= 15 is 0 Å². The Morgan fingerprint density at radius 2 is 2.00 bits per heavy atom. The van der Waals surface area contributed by atoms with Gasteiger partial charge >= 0.3 is 0 Å². The summed E-state index contributed by atoms with van der Waals surface area (Å²) in [7, 11) is 0. The molecule has 1 aromatic carbocycles. The SMILES string of the molecule is CC(C)n1ccc2cc(Nc3nccc(-n4cc(CN5CC(O)C5)c(C5CC5)n4)n3)ccc21. The van der Waals surface area contributed by atoms with Gasteiger partial charge in [0.15, 0.2) is 5.82 Å². The van der Waals surface area contributed by atoms with E-state index in [1.165, 1.54) is 35.0 Å². The van der Waals surface area contributed by atoms with E-state index in [1.807, 2.05) is 10.7 Å². The Balaban J connectivity index is 1.24. The first-order valence-corrected chi connectivity index (χ1v) is 11.7. The molecule has 0 bridgehead atoms. The van der Waals surface area contributed by atoms with Crippen molar-refractivity contribution in [2.45, 2.75) is 51.3 Å². The lowest BCUT2D eigenvalue weighted by atomic mass is 10.1. The molecule has 33 heavy (non-hydrogen) atoms. The average molecular weight is 444 g/mol. The third-order valence-corrected chi connectivity index (χ3v) is 6.53.